The first-order valence-electron chi connectivity index (χ1n) is 12.3. The third kappa shape index (κ3) is 2.51. The summed E-state index contributed by atoms with van der Waals surface area (Å²) in [6.45, 7) is 4.77. The van der Waals surface area contributed by atoms with Crippen LogP contribution in [-0.2, 0) is 0 Å². The minimum absolute atomic E-state index is 0.263. The molecule has 0 saturated carbocycles. The standard InChI is InChI=1S/C32H22N2S2/c1-31-27(33-29(35-31)20-11-5-3-6-12-20)25-22-17-9-15-19-16-10-18-23(24(19)22)26(25)28-32(31,2)36-30(34-28)21-13-7-4-8-14-21/h3-18H,1-2H3. The molecule has 2 atom stereocenters. The van der Waals surface area contributed by atoms with Crippen molar-refractivity contribution in [2.24, 2.45) is 9.98 Å². The summed E-state index contributed by atoms with van der Waals surface area (Å²) in [7, 11) is 0. The Balaban J connectivity index is 1.47. The van der Waals surface area contributed by atoms with Crippen LogP contribution in [-0.4, -0.2) is 19.6 Å². The molecule has 0 fully saturated rings. The van der Waals surface area contributed by atoms with Gasteiger partial charge in [0.15, 0.2) is 0 Å². The SMILES string of the molecule is CC12SC(c3ccccc3)=NC1=C1C(=C3N=C(c4ccccc4)SC32C)c2cccc3cccc1c23. The maximum Gasteiger partial charge on any atom is 0.105 e. The molecule has 0 aromatic heterocycles. The van der Waals surface area contributed by atoms with Gasteiger partial charge >= 0.3 is 0 Å². The van der Waals surface area contributed by atoms with E-state index in [0.29, 0.717) is 0 Å². The summed E-state index contributed by atoms with van der Waals surface area (Å²) < 4.78 is -0.525. The monoisotopic (exact) mass is 498 g/mol. The number of thioether (sulfide) groups is 2. The van der Waals surface area contributed by atoms with E-state index in [4.69, 9.17) is 9.98 Å². The highest BCUT2D eigenvalue weighted by Gasteiger charge is 2.62. The molecule has 2 aliphatic heterocycles. The average Bonchev–Trinajstić information content (AvgIpc) is 3.57. The van der Waals surface area contributed by atoms with Crippen molar-refractivity contribution < 1.29 is 0 Å². The lowest BCUT2D eigenvalue weighted by Crippen LogP contribution is -2.47. The minimum Gasteiger partial charge on any atom is -0.244 e. The fraction of sp³-hybridized carbons (Fsp3) is 0.125. The van der Waals surface area contributed by atoms with Crippen LogP contribution in [0.4, 0.5) is 0 Å². The summed E-state index contributed by atoms with van der Waals surface area (Å²) in [6.07, 6.45) is 0. The van der Waals surface area contributed by atoms with Gasteiger partial charge in [0.2, 0.25) is 0 Å². The zero-order valence-corrected chi connectivity index (χ0v) is 21.6. The summed E-state index contributed by atoms with van der Waals surface area (Å²) in [5, 5.41) is 4.80. The number of benzene rings is 4. The molecule has 4 aromatic carbocycles. The third-order valence-corrected chi connectivity index (χ3v) is 11.2. The van der Waals surface area contributed by atoms with Gasteiger partial charge in [-0.25, -0.2) is 9.98 Å². The van der Waals surface area contributed by atoms with Crippen LogP contribution in [0.2, 0.25) is 0 Å². The first-order chi connectivity index (χ1) is 17.6. The van der Waals surface area contributed by atoms with Gasteiger partial charge < -0.3 is 0 Å². The van der Waals surface area contributed by atoms with E-state index in [0.717, 1.165) is 10.1 Å². The van der Waals surface area contributed by atoms with Gasteiger partial charge in [-0.15, -0.1) is 0 Å². The molecule has 2 heterocycles. The summed E-state index contributed by atoms with van der Waals surface area (Å²) in [5.41, 5.74) is 9.86. The molecule has 2 nitrogen and oxygen atoms in total. The van der Waals surface area contributed by atoms with Crippen molar-refractivity contribution in [1.82, 2.24) is 0 Å². The molecule has 172 valence electrons. The Hall–Kier alpha value is -3.34. The van der Waals surface area contributed by atoms with Crippen molar-refractivity contribution >= 4 is 55.5 Å². The molecule has 8 rings (SSSR count). The van der Waals surface area contributed by atoms with Crippen LogP contribution < -0.4 is 0 Å². The van der Waals surface area contributed by atoms with E-state index in [-0.39, 0.29) is 9.49 Å². The Kier molecular flexibility index (Phi) is 4.12. The smallest absolute Gasteiger partial charge is 0.105 e. The quantitative estimate of drug-likeness (QED) is 0.278. The summed E-state index contributed by atoms with van der Waals surface area (Å²) >= 11 is 3.81. The summed E-state index contributed by atoms with van der Waals surface area (Å²) in [6, 6.07) is 34.6. The number of nitrogens with zero attached hydrogens (tertiary/aromatic N) is 2. The van der Waals surface area contributed by atoms with Crippen LogP contribution in [0.5, 0.6) is 0 Å². The van der Waals surface area contributed by atoms with Crippen molar-refractivity contribution in [3.05, 3.63) is 131 Å². The molecule has 0 radical (unpaired) electrons. The van der Waals surface area contributed by atoms with E-state index in [1.54, 1.807) is 0 Å². The normalized spacial score (nSPS) is 25.6. The van der Waals surface area contributed by atoms with E-state index in [1.807, 2.05) is 23.5 Å². The number of aliphatic imine (C=N–C) groups is 2. The molecule has 0 spiro atoms. The molecule has 0 amide bonds. The third-order valence-electron chi connectivity index (χ3n) is 8.05. The maximum absolute atomic E-state index is 5.43. The van der Waals surface area contributed by atoms with Crippen molar-refractivity contribution in [2.75, 3.05) is 0 Å². The zero-order valence-electron chi connectivity index (χ0n) is 19.9. The van der Waals surface area contributed by atoms with Gasteiger partial charge in [0.25, 0.3) is 0 Å². The van der Waals surface area contributed by atoms with Crippen LogP contribution in [0.15, 0.2) is 118 Å². The molecule has 0 saturated heterocycles. The topological polar surface area (TPSA) is 24.7 Å². The summed E-state index contributed by atoms with van der Waals surface area (Å²) in [4.78, 5) is 10.9. The zero-order chi connectivity index (χ0) is 24.1. The lowest BCUT2D eigenvalue weighted by molar-refractivity contribution is 0.600. The largest absolute Gasteiger partial charge is 0.244 e. The van der Waals surface area contributed by atoms with Gasteiger partial charge in [-0.05, 0) is 35.7 Å². The number of rotatable bonds is 2. The Bertz CT molecular complexity index is 1620. The molecule has 36 heavy (non-hydrogen) atoms. The second-order valence-electron chi connectivity index (χ2n) is 9.99. The highest BCUT2D eigenvalue weighted by atomic mass is 32.2. The van der Waals surface area contributed by atoms with Gasteiger partial charge in [-0.2, -0.15) is 0 Å². The summed E-state index contributed by atoms with van der Waals surface area (Å²) in [5.74, 6) is 0. The van der Waals surface area contributed by atoms with E-state index in [1.165, 1.54) is 55.6 Å². The van der Waals surface area contributed by atoms with Crippen LogP contribution >= 0.6 is 23.5 Å². The predicted octanol–water partition coefficient (Wildman–Crippen LogP) is 8.19. The highest BCUT2D eigenvalue weighted by Crippen LogP contribution is 2.68. The Morgan fingerprint density at radius 1 is 0.528 bits per heavy atom. The van der Waals surface area contributed by atoms with Crippen LogP contribution in [0.3, 0.4) is 0 Å². The van der Waals surface area contributed by atoms with E-state index < -0.39 is 0 Å². The minimum atomic E-state index is -0.263. The van der Waals surface area contributed by atoms with E-state index in [9.17, 15) is 0 Å². The predicted molar refractivity (Wildman–Crippen MR) is 156 cm³/mol. The number of hydrogen-bond acceptors (Lipinski definition) is 4. The molecular weight excluding hydrogens is 477 g/mol. The second-order valence-corrected chi connectivity index (χ2v) is 12.8. The van der Waals surface area contributed by atoms with Gasteiger partial charge in [0.1, 0.15) is 10.1 Å². The van der Waals surface area contributed by atoms with Gasteiger partial charge in [-0.3, -0.25) is 0 Å². The van der Waals surface area contributed by atoms with Crippen LogP contribution in [0, 0.1) is 0 Å². The second kappa shape index (κ2) is 7.12. The Labute approximate surface area is 219 Å². The first-order valence-corrected chi connectivity index (χ1v) is 13.9. The first kappa shape index (κ1) is 20.8. The lowest BCUT2D eigenvalue weighted by Gasteiger charge is -2.44. The molecule has 2 unspecified atom stereocenters. The molecule has 0 bridgehead atoms. The van der Waals surface area contributed by atoms with Gasteiger partial charge in [0, 0.05) is 22.3 Å². The number of allylic oxidation sites excluding steroid dienone is 2. The molecule has 4 aliphatic rings. The molecule has 0 N–H and O–H groups in total. The molecule has 2 aliphatic carbocycles. The Morgan fingerprint density at radius 2 is 0.972 bits per heavy atom. The lowest BCUT2D eigenvalue weighted by atomic mass is 9.76. The van der Waals surface area contributed by atoms with Gasteiger partial charge in [0.05, 0.1) is 20.9 Å². The molecule has 4 heteroatoms. The highest BCUT2D eigenvalue weighted by molar-refractivity contribution is 8.20. The maximum atomic E-state index is 5.43. The number of fused-ring (bicyclic) bond motifs is 6. The van der Waals surface area contributed by atoms with E-state index in [2.05, 4.69) is 111 Å². The van der Waals surface area contributed by atoms with Crippen LogP contribution in [0.1, 0.15) is 36.1 Å². The van der Waals surface area contributed by atoms with Gasteiger partial charge in [-0.1, -0.05) is 121 Å². The van der Waals surface area contributed by atoms with E-state index >= 15 is 0 Å². The van der Waals surface area contributed by atoms with Crippen molar-refractivity contribution in [2.45, 2.75) is 23.3 Å². The van der Waals surface area contributed by atoms with Crippen LogP contribution in [0.25, 0.3) is 21.9 Å². The average molecular weight is 499 g/mol. The fourth-order valence-electron chi connectivity index (χ4n) is 6.11. The fourth-order valence-corrected chi connectivity index (χ4v) is 8.99. The molecular formula is C32H22N2S2. The molecule has 4 aromatic rings. The van der Waals surface area contributed by atoms with Crippen molar-refractivity contribution in [3.63, 3.8) is 0 Å². The number of hydrogen-bond donors (Lipinski definition) is 0. The Morgan fingerprint density at radius 3 is 1.42 bits per heavy atom. The van der Waals surface area contributed by atoms with Crippen molar-refractivity contribution in [1.29, 1.82) is 0 Å². The van der Waals surface area contributed by atoms with Crippen molar-refractivity contribution in [3.8, 4) is 0 Å².